The molecule has 1 unspecified atom stereocenters. The van der Waals surface area contributed by atoms with Gasteiger partial charge >= 0.3 is 5.69 Å². The Morgan fingerprint density at radius 2 is 2.19 bits per heavy atom. The average Bonchev–Trinajstić information content (AvgIpc) is 2.47. The Morgan fingerprint density at radius 1 is 1.38 bits per heavy atom. The van der Waals surface area contributed by atoms with E-state index in [0.717, 1.165) is 31.0 Å². The van der Waals surface area contributed by atoms with Crippen LogP contribution < -0.4 is 10.5 Å². The lowest BCUT2D eigenvalue weighted by Crippen LogP contribution is -2.16. The Balaban J connectivity index is 1.95. The zero-order chi connectivity index (χ0) is 14.8. The molecule has 1 aromatic heterocycles. The fourth-order valence-corrected chi connectivity index (χ4v) is 2.55. The molecule has 1 atom stereocenters. The molecule has 7 nitrogen and oxygen atoms in total. The van der Waals surface area contributed by atoms with Crippen LogP contribution in [0.25, 0.3) is 0 Å². The minimum atomic E-state index is -0.566. The molecule has 0 aliphatic heterocycles. The fourth-order valence-electron chi connectivity index (χ4n) is 2.55. The van der Waals surface area contributed by atoms with E-state index in [4.69, 9.17) is 10.5 Å². The third kappa shape index (κ3) is 2.62. The summed E-state index contributed by atoms with van der Waals surface area (Å²) < 4.78 is 5.78. The molecule has 3 rings (SSSR count). The number of ether oxygens (including phenoxy) is 1. The number of hydrogen-bond donors (Lipinski definition) is 1. The number of nitrogens with zero attached hydrogens (tertiary/aromatic N) is 3. The fraction of sp³-hybridized carbons (Fsp3) is 0.286. The van der Waals surface area contributed by atoms with Gasteiger partial charge in [-0.25, -0.2) is 4.98 Å². The largest absolute Gasteiger partial charge is 0.464 e. The predicted octanol–water partition coefficient (Wildman–Crippen LogP) is 2.42. The van der Waals surface area contributed by atoms with Crippen LogP contribution in [0.5, 0.6) is 5.88 Å². The van der Waals surface area contributed by atoms with Gasteiger partial charge in [0.25, 0.3) is 5.88 Å². The van der Waals surface area contributed by atoms with Gasteiger partial charge in [0.05, 0.1) is 4.92 Å². The molecule has 0 amide bonds. The second kappa shape index (κ2) is 5.35. The number of nitrogens with two attached hydrogens (primary N) is 1. The third-order valence-electron chi connectivity index (χ3n) is 3.52. The number of rotatable bonds is 3. The van der Waals surface area contributed by atoms with E-state index in [1.54, 1.807) is 0 Å². The molecule has 2 N–H and O–H groups in total. The molecule has 0 spiro atoms. The summed E-state index contributed by atoms with van der Waals surface area (Å²) in [4.78, 5) is 18.0. The van der Waals surface area contributed by atoms with Crippen molar-refractivity contribution in [1.82, 2.24) is 9.97 Å². The van der Waals surface area contributed by atoms with Crippen LogP contribution in [0.3, 0.4) is 0 Å². The van der Waals surface area contributed by atoms with E-state index in [1.807, 2.05) is 24.3 Å². The van der Waals surface area contributed by atoms with Crippen LogP contribution in [0.1, 0.15) is 30.1 Å². The van der Waals surface area contributed by atoms with E-state index in [1.165, 1.54) is 5.56 Å². The van der Waals surface area contributed by atoms with E-state index in [9.17, 15) is 10.1 Å². The van der Waals surface area contributed by atoms with E-state index >= 15 is 0 Å². The number of fused-ring (bicyclic) bond motifs is 1. The first-order valence-electron chi connectivity index (χ1n) is 6.66. The van der Waals surface area contributed by atoms with E-state index in [2.05, 4.69) is 9.97 Å². The lowest BCUT2D eigenvalue weighted by molar-refractivity contribution is -0.386. The number of nitro groups is 1. The van der Waals surface area contributed by atoms with Crippen molar-refractivity contribution in [3.63, 3.8) is 0 Å². The second-order valence-corrected chi connectivity index (χ2v) is 4.87. The number of nitrogen functional groups attached to an aromatic ring is 1. The van der Waals surface area contributed by atoms with Crippen LogP contribution in [0.15, 0.2) is 30.5 Å². The molecule has 0 saturated carbocycles. The maximum Gasteiger partial charge on any atom is 0.349 e. The minimum absolute atomic E-state index is 0.0419. The van der Waals surface area contributed by atoms with Crippen molar-refractivity contribution in [2.45, 2.75) is 25.4 Å². The van der Waals surface area contributed by atoms with Crippen molar-refractivity contribution in [3.8, 4) is 5.88 Å². The van der Waals surface area contributed by atoms with E-state index < -0.39 is 4.92 Å². The van der Waals surface area contributed by atoms with Gasteiger partial charge in [0.15, 0.2) is 0 Å². The normalized spacial score (nSPS) is 17.0. The van der Waals surface area contributed by atoms with E-state index in [0.29, 0.717) is 0 Å². The molecular weight excluding hydrogens is 272 g/mol. The lowest BCUT2D eigenvalue weighted by atomic mass is 9.89. The van der Waals surface area contributed by atoms with Crippen LogP contribution in [0.4, 0.5) is 11.6 Å². The van der Waals surface area contributed by atoms with Crippen molar-refractivity contribution in [2.24, 2.45) is 0 Å². The number of aromatic nitrogens is 2. The Kier molecular flexibility index (Phi) is 3.39. The van der Waals surface area contributed by atoms with Gasteiger partial charge in [-0.3, -0.25) is 10.1 Å². The van der Waals surface area contributed by atoms with Crippen LogP contribution >= 0.6 is 0 Å². The zero-order valence-corrected chi connectivity index (χ0v) is 11.2. The number of aryl methyl sites for hydroxylation is 1. The molecule has 7 heteroatoms. The summed E-state index contributed by atoms with van der Waals surface area (Å²) in [6.45, 7) is 0. The van der Waals surface area contributed by atoms with Gasteiger partial charge in [-0.1, -0.05) is 24.3 Å². The maximum atomic E-state index is 11.0. The van der Waals surface area contributed by atoms with Crippen molar-refractivity contribution in [1.29, 1.82) is 0 Å². The molecule has 0 radical (unpaired) electrons. The summed E-state index contributed by atoms with van der Waals surface area (Å²) in [6, 6.07) is 7.94. The quantitative estimate of drug-likeness (QED) is 0.686. The molecule has 0 bridgehead atoms. The second-order valence-electron chi connectivity index (χ2n) is 4.87. The highest BCUT2D eigenvalue weighted by molar-refractivity contribution is 5.42. The maximum absolute atomic E-state index is 11.0. The molecular formula is C14H14N4O3. The summed E-state index contributed by atoms with van der Waals surface area (Å²) in [5.41, 5.74) is 7.49. The Bertz CT molecular complexity index is 690. The van der Waals surface area contributed by atoms with Crippen molar-refractivity contribution in [3.05, 3.63) is 51.7 Å². The van der Waals surface area contributed by atoms with Crippen LogP contribution in [-0.2, 0) is 6.42 Å². The van der Waals surface area contributed by atoms with E-state index in [-0.39, 0.29) is 23.6 Å². The van der Waals surface area contributed by atoms with Crippen molar-refractivity contribution < 1.29 is 9.66 Å². The molecule has 2 aromatic rings. The number of hydrogen-bond acceptors (Lipinski definition) is 6. The highest BCUT2D eigenvalue weighted by Crippen LogP contribution is 2.35. The average molecular weight is 286 g/mol. The summed E-state index contributed by atoms with van der Waals surface area (Å²) in [7, 11) is 0. The first-order chi connectivity index (χ1) is 10.1. The molecule has 1 aliphatic carbocycles. The van der Waals surface area contributed by atoms with Gasteiger partial charge in [0.1, 0.15) is 12.3 Å². The van der Waals surface area contributed by atoms with Crippen LogP contribution in [-0.4, -0.2) is 14.9 Å². The molecule has 0 saturated heterocycles. The molecule has 1 aromatic carbocycles. The Hall–Kier alpha value is -2.70. The Labute approximate surface area is 120 Å². The molecule has 1 heterocycles. The topological polar surface area (TPSA) is 104 Å². The lowest BCUT2D eigenvalue weighted by Gasteiger charge is -2.25. The van der Waals surface area contributed by atoms with Crippen molar-refractivity contribution >= 4 is 11.6 Å². The summed E-state index contributed by atoms with van der Waals surface area (Å²) in [6.07, 6.45) is 3.58. The van der Waals surface area contributed by atoms with Gasteiger partial charge < -0.3 is 10.5 Å². The van der Waals surface area contributed by atoms with Crippen LogP contribution in [0, 0.1) is 10.1 Å². The van der Waals surface area contributed by atoms with Gasteiger partial charge in [0.2, 0.25) is 5.95 Å². The summed E-state index contributed by atoms with van der Waals surface area (Å²) >= 11 is 0. The van der Waals surface area contributed by atoms with Gasteiger partial charge in [-0.2, -0.15) is 4.98 Å². The smallest absolute Gasteiger partial charge is 0.349 e. The van der Waals surface area contributed by atoms with Gasteiger partial charge in [0, 0.05) is 0 Å². The highest BCUT2D eigenvalue weighted by atomic mass is 16.6. The Morgan fingerprint density at radius 3 is 3.00 bits per heavy atom. The highest BCUT2D eigenvalue weighted by Gasteiger charge is 2.26. The molecule has 1 aliphatic rings. The monoisotopic (exact) mass is 286 g/mol. The first-order valence-corrected chi connectivity index (χ1v) is 6.66. The molecule has 108 valence electrons. The first kappa shape index (κ1) is 13.3. The van der Waals surface area contributed by atoms with Gasteiger partial charge in [-0.15, -0.1) is 0 Å². The predicted molar refractivity (Wildman–Crippen MR) is 75.8 cm³/mol. The number of anilines is 1. The minimum Gasteiger partial charge on any atom is -0.464 e. The number of benzene rings is 1. The summed E-state index contributed by atoms with van der Waals surface area (Å²) in [5.74, 6) is -0.117. The zero-order valence-electron chi connectivity index (χ0n) is 11.2. The van der Waals surface area contributed by atoms with Crippen LogP contribution in [0.2, 0.25) is 0 Å². The van der Waals surface area contributed by atoms with Gasteiger partial charge in [-0.05, 0) is 30.4 Å². The molecule has 0 fully saturated rings. The summed E-state index contributed by atoms with van der Waals surface area (Å²) in [5, 5.41) is 11.0. The molecule has 21 heavy (non-hydrogen) atoms. The third-order valence-corrected chi connectivity index (χ3v) is 3.52. The standard InChI is InChI=1S/C14H14N4O3/c15-14-16-8-11(18(19)20)13(17-14)21-12-7-3-5-9-4-1-2-6-10(9)12/h1-2,4,6,8,12H,3,5,7H2,(H2,15,16,17). The SMILES string of the molecule is Nc1ncc([N+](=O)[O-])c(OC2CCCc3ccccc32)n1. The van der Waals surface area contributed by atoms with Crippen molar-refractivity contribution in [2.75, 3.05) is 5.73 Å².